The van der Waals surface area contributed by atoms with Crippen LogP contribution in [0, 0.1) is 12.8 Å². The van der Waals surface area contributed by atoms with Crippen LogP contribution in [0.3, 0.4) is 0 Å². The third kappa shape index (κ3) is 5.26. The van der Waals surface area contributed by atoms with Gasteiger partial charge in [0.15, 0.2) is 0 Å². The van der Waals surface area contributed by atoms with E-state index >= 15 is 0 Å². The molecule has 0 aliphatic carbocycles. The lowest BCUT2D eigenvalue weighted by molar-refractivity contribution is -0.131. The number of carboxylic acids is 1. The molecule has 4 nitrogen and oxygen atoms in total. The second kappa shape index (κ2) is 7.48. The molecule has 1 aromatic rings. The molecule has 0 bridgehead atoms. The van der Waals surface area contributed by atoms with Gasteiger partial charge in [0, 0.05) is 18.2 Å². The number of hydrogen-bond acceptors (Lipinski definition) is 2. The quantitative estimate of drug-likeness (QED) is 0.784. The van der Waals surface area contributed by atoms with E-state index in [-0.39, 0.29) is 5.91 Å². The molecule has 1 aromatic carbocycles. The van der Waals surface area contributed by atoms with E-state index in [0.717, 1.165) is 23.6 Å². The first kappa shape index (κ1) is 16.0. The third-order valence-corrected chi connectivity index (χ3v) is 2.94. The van der Waals surface area contributed by atoms with Crippen LogP contribution in [-0.2, 0) is 4.79 Å². The van der Waals surface area contributed by atoms with Crippen LogP contribution in [-0.4, -0.2) is 23.5 Å². The normalized spacial score (nSPS) is 11.0. The minimum atomic E-state index is -0.986. The average Bonchev–Trinajstić information content (AvgIpc) is 2.36. The molecule has 0 aliphatic heterocycles. The van der Waals surface area contributed by atoms with Gasteiger partial charge in [-0.15, -0.1) is 0 Å². The molecule has 0 saturated carbocycles. The first-order valence-corrected chi connectivity index (χ1v) is 6.70. The van der Waals surface area contributed by atoms with Crippen LogP contribution < -0.4 is 5.32 Å². The van der Waals surface area contributed by atoms with E-state index in [1.807, 2.05) is 6.92 Å². The minimum absolute atomic E-state index is 0.0949. The van der Waals surface area contributed by atoms with Crippen molar-refractivity contribution >= 4 is 18.0 Å². The van der Waals surface area contributed by atoms with Gasteiger partial charge in [0.05, 0.1) is 0 Å². The zero-order valence-electron chi connectivity index (χ0n) is 12.1. The summed E-state index contributed by atoms with van der Waals surface area (Å²) >= 11 is 0. The highest BCUT2D eigenvalue weighted by molar-refractivity contribution is 5.95. The Hall–Kier alpha value is -2.10. The molecule has 0 heterocycles. The van der Waals surface area contributed by atoms with Crippen LogP contribution in [0.25, 0.3) is 6.08 Å². The Morgan fingerprint density at radius 1 is 1.35 bits per heavy atom. The molecule has 20 heavy (non-hydrogen) atoms. The monoisotopic (exact) mass is 275 g/mol. The van der Waals surface area contributed by atoms with Gasteiger partial charge in [-0.1, -0.05) is 19.9 Å². The molecule has 0 aliphatic rings. The molecule has 0 fully saturated rings. The third-order valence-electron chi connectivity index (χ3n) is 2.94. The minimum Gasteiger partial charge on any atom is -0.478 e. The van der Waals surface area contributed by atoms with Gasteiger partial charge in [-0.05, 0) is 48.6 Å². The van der Waals surface area contributed by atoms with Gasteiger partial charge >= 0.3 is 5.97 Å². The molecule has 0 unspecified atom stereocenters. The highest BCUT2D eigenvalue weighted by atomic mass is 16.4. The fourth-order valence-electron chi connectivity index (χ4n) is 1.74. The second-order valence-electron chi connectivity index (χ2n) is 5.18. The molecular weight excluding hydrogens is 254 g/mol. The predicted octanol–water partition coefficient (Wildman–Crippen LogP) is 2.87. The van der Waals surface area contributed by atoms with Crippen LogP contribution in [0.15, 0.2) is 24.3 Å². The Kier molecular flexibility index (Phi) is 5.97. The summed E-state index contributed by atoms with van der Waals surface area (Å²) in [6, 6.07) is 5.23. The van der Waals surface area contributed by atoms with Crippen molar-refractivity contribution in [1.29, 1.82) is 0 Å². The summed E-state index contributed by atoms with van der Waals surface area (Å²) in [6.45, 7) is 6.74. The van der Waals surface area contributed by atoms with Crippen molar-refractivity contribution in [2.24, 2.45) is 5.92 Å². The van der Waals surface area contributed by atoms with Crippen molar-refractivity contribution in [1.82, 2.24) is 5.32 Å². The Morgan fingerprint density at radius 3 is 2.60 bits per heavy atom. The van der Waals surface area contributed by atoms with E-state index in [1.165, 1.54) is 6.08 Å². The molecule has 1 amide bonds. The fourth-order valence-corrected chi connectivity index (χ4v) is 1.74. The lowest BCUT2D eigenvalue weighted by Crippen LogP contribution is -2.25. The van der Waals surface area contributed by atoms with Gasteiger partial charge in [-0.25, -0.2) is 4.79 Å². The molecule has 4 heteroatoms. The SMILES string of the molecule is Cc1cc(C(=O)NCCC(C)C)ccc1/C=C/C(=O)O. The number of rotatable bonds is 6. The largest absolute Gasteiger partial charge is 0.478 e. The highest BCUT2D eigenvalue weighted by Crippen LogP contribution is 2.13. The second-order valence-corrected chi connectivity index (χ2v) is 5.18. The van der Waals surface area contributed by atoms with Crippen molar-refractivity contribution < 1.29 is 14.7 Å². The average molecular weight is 275 g/mol. The van der Waals surface area contributed by atoms with Gasteiger partial charge < -0.3 is 10.4 Å². The smallest absolute Gasteiger partial charge is 0.328 e. The number of carbonyl (C=O) groups is 2. The molecule has 0 radical (unpaired) electrons. The first-order chi connectivity index (χ1) is 9.40. The zero-order chi connectivity index (χ0) is 15.1. The lowest BCUT2D eigenvalue weighted by Gasteiger charge is -2.08. The maximum Gasteiger partial charge on any atom is 0.328 e. The standard InChI is InChI=1S/C16H21NO3/c1-11(2)8-9-17-16(20)14-5-4-13(12(3)10-14)6-7-15(18)19/h4-7,10-11H,8-9H2,1-3H3,(H,17,20)(H,18,19)/b7-6+. The number of nitrogens with one attached hydrogen (secondary N) is 1. The zero-order valence-corrected chi connectivity index (χ0v) is 12.1. The summed E-state index contributed by atoms with van der Waals surface area (Å²) in [6.07, 6.45) is 3.56. The molecule has 0 saturated heterocycles. The van der Waals surface area contributed by atoms with Crippen LogP contribution in [0.5, 0.6) is 0 Å². The maximum atomic E-state index is 11.9. The number of carboxylic acid groups (broad SMARTS) is 1. The van der Waals surface area contributed by atoms with Crippen LogP contribution in [0.4, 0.5) is 0 Å². The highest BCUT2D eigenvalue weighted by Gasteiger charge is 2.07. The number of aliphatic carboxylic acids is 1. The molecule has 2 N–H and O–H groups in total. The van der Waals surface area contributed by atoms with E-state index < -0.39 is 5.97 Å². The number of benzene rings is 1. The van der Waals surface area contributed by atoms with E-state index in [2.05, 4.69) is 19.2 Å². The van der Waals surface area contributed by atoms with Crippen LogP contribution >= 0.6 is 0 Å². The Morgan fingerprint density at radius 2 is 2.05 bits per heavy atom. The predicted molar refractivity (Wildman–Crippen MR) is 79.6 cm³/mol. The fraction of sp³-hybridized carbons (Fsp3) is 0.375. The number of hydrogen-bond donors (Lipinski definition) is 2. The molecular formula is C16H21NO3. The van der Waals surface area contributed by atoms with E-state index in [9.17, 15) is 9.59 Å². The van der Waals surface area contributed by atoms with E-state index in [1.54, 1.807) is 18.2 Å². The van der Waals surface area contributed by atoms with Gasteiger partial charge in [0.2, 0.25) is 0 Å². The lowest BCUT2D eigenvalue weighted by atomic mass is 10.0. The number of carbonyl (C=O) groups excluding carboxylic acids is 1. The van der Waals surface area contributed by atoms with Crippen molar-refractivity contribution in [2.45, 2.75) is 27.2 Å². The summed E-state index contributed by atoms with van der Waals surface area (Å²) in [4.78, 5) is 22.4. The number of amides is 1. The van der Waals surface area contributed by atoms with Gasteiger partial charge in [0.25, 0.3) is 5.91 Å². The van der Waals surface area contributed by atoms with Gasteiger partial charge in [0.1, 0.15) is 0 Å². The van der Waals surface area contributed by atoms with Crippen molar-refractivity contribution in [3.05, 3.63) is 41.0 Å². The Labute approximate surface area is 119 Å². The van der Waals surface area contributed by atoms with Gasteiger partial charge in [-0.2, -0.15) is 0 Å². The van der Waals surface area contributed by atoms with Crippen LogP contribution in [0.2, 0.25) is 0 Å². The van der Waals surface area contributed by atoms with Crippen molar-refractivity contribution in [2.75, 3.05) is 6.54 Å². The van der Waals surface area contributed by atoms with Crippen molar-refractivity contribution in [3.63, 3.8) is 0 Å². The topological polar surface area (TPSA) is 66.4 Å². The molecule has 1 rings (SSSR count). The van der Waals surface area contributed by atoms with Gasteiger partial charge in [-0.3, -0.25) is 4.79 Å². The summed E-state index contributed by atoms with van der Waals surface area (Å²) in [5.41, 5.74) is 2.27. The Bertz CT molecular complexity index is 518. The summed E-state index contributed by atoms with van der Waals surface area (Å²) in [7, 11) is 0. The van der Waals surface area contributed by atoms with E-state index in [0.29, 0.717) is 18.0 Å². The molecule has 0 atom stereocenters. The molecule has 0 aromatic heterocycles. The van der Waals surface area contributed by atoms with Crippen LogP contribution in [0.1, 0.15) is 41.8 Å². The Balaban J connectivity index is 2.71. The van der Waals surface area contributed by atoms with E-state index in [4.69, 9.17) is 5.11 Å². The summed E-state index contributed by atoms with van der Waals surface area (Å²) in [5, 5.41) is 11.5. The van der Waals surface area contributed by atoms with Crippen molar-refractivity contribution in [3.8, 4) is 0 Å². The summed E-state index contributed by atoms with van der Waals surface area (Å²) < 4.78 is 0. The summed E-state index contributed by atoms with van der Waals surface area (Å²) in [5.74, 6) is -0.525. The number of aryl methyl sites for hydroxylation is 1. The maximum absolute atomic E-state index is 11.9. The first-order valence-electron chi connectivity index (χ1n) is 6.70. The molecule has 0 spiro atoms. The molecule has 108 valence electrons.